The molecule has 11 atom stereocenters. The molecule has 2 rings (SSSR count). The maximum Gasteiger partial charge on any atom is 0.306 e. The van der Waals surface area contributed by atoms with E-state index in [2.05, 4.69) is 26.0 Å². The van der Waals surface area contributed by atoms with Crippen molar-refractivity contribution in [2.24, 2.45) is 0 Å². The van der Waals surface area contributed by atoms with Crippen molar-refractivity contribution in [1.29, 1.82) is 0 Å². The highest BCUT2D eigenvalue weighted by Gasteiger charge is 2.47. The summed E-state index contributed by atoms with van der Waals surface area (Å²) in [6.45, 7) is 3.57. The molecule has 2 saturated heterocycles. The first-order valence-corrected chi connectivity index (χ1v) is 22.3. The standard InChI is InChI=1S/C43H80O14/c1-3-5-7-9-10-11-12-13-14-15-16-17-18-19-20-21-23-25-27-52-29-32(55-35(45)26-24-22-8-6-4-2)30-53-42-41(51)39(49)37(47)34(57-42)31-54-43-40(50)38(48)36(46)33(28-44)56-43/h13-14,32-34,36-44,46-51H,3-12,15-31H2,1-2H3/b14-13-. The van der Waals surface area contributed by atoms with Crippen LogP contribution in [0.2, 0.25) is 0 Å². The molecule has 14 heteroatoms. The van der Waals surface area contributed by atoms with Gasteiger partial charge in [-0.15, -0.1) is 0 Å². The van der Waals surface area contributed by atoms with E-state index < -0.39 is 80.7 Å². The predicted molar refractivity (Wildman–Crippen MR) is 215 cm³/mol. The van der Waals surface area contributed by atoms with Crippen LogP contribution < -0.4 is 0 Å². The molecule has 0 aromatic rings. The normalized spacial score (nSPS) is 28.6. The summed E-state index contributed by atoms with van der Waals surface area (Å²) in [5.74, 6) is -0.390. The van der Waals surface area contributed by atoms with Crippen molar-refractivity contribution in [2.75, 3.05) is 33.0 Å². The zero-order valence-corrected chi connectivity index (χ0v) is 35.1. The molecule has 14 nitrogen and oxygen atoms in total. The van der Waals surface area contributed by atoms with Gasteiger partial charge < -0.3 is 64.2 Å². The van der Waals surface area contributed by atoms with Gasteiger partial charge in [0.15, 0.2) is 12.6 Å². The molecule has 7 N–H and O–H groups in total. The van der Waals surface area contributed by atoms with Crippen molar-refractivity contribution < 1.29 is 69.0 Å². The van der Waals surface area contributed by atoms with Crippen LogP contribution >= 0.6 is 0 Å². The monoisotopic (exact) mass is 821 g/mol. The molecule has 0 saturated carbocycles. The van der Waals surface area contributed by atoms with Gasteiger partial charge in [-0.25, -0.2) is 0 Å². The lowest BCUT2D eigenvalue weighted by molar-refractivity contribution is -0.332. The molecule has 0 amide bonds. The molecule has 2 aliphatic heterocycles. The SMILES string of the molecule is CCCCCCCC/C=C\CCCCCCCCCCOCC(COC1OC(COC2OC(CO)C(O)C(O)C2O)C(O)C(O)C1O)OC(=O)CCCCCCC. The fourth-order valence-corrected chi connectivity index (χ4v) is 7.04. The topological polar surface area (TPSA) is 214 Å². The predicted octanol–water partition coefficient (Wildman–Crippen LogP) is 4.73. The van der Waals surface area contributed by atoms with Gasteiger partial charge in [0.2, 0.25) is 0 Å². The molecule has 336 valence electrons. The van der Waals surface area contributed by atoms with E-state index in [1.165, 1.54) is 83.5 Å². The second-order valence-corrected chi connectivity index (χ2v) is 15.9. The zero-order valence-electron chi connectivity index (χ0n) is 35.1. The van der Waals surface area contributed by atoms with E-state index in [1.807, 2.05) is 0 Å². The maximum absolute atomic E-state index is 12.7. The molecule has 0 aromatic heterocycles. The molecule has 0 bridgehead atoms. The molecule has 0 aliphatic carbocycles. The van der Waals surface area contributed by atoms with Crippen molar-refractivity contribution in [3.63, 3.8) is 0 Å². The van der Waals surface area contributed by atoms with Gasteiger partial charge in [-0.1, -0.05) is 122 Å². The van der Waals surface area contributed by atoms with Crippen LogP contribution in [0, 0.1) is 0 Å². The van der Waals surface area contributed by atoms with Crippen LogP contribution in [-0.4, -0.2) is 142 Å². The average molecular weight is 821 g/mol. The molecule has 57 heavy (non-hydrogen) atoms. The number of hydrogen-bond acceptors (Lipinski definition) is 14. The summed E-state index contributed by atoms with van der Waals surface area (Å²) in [5, 5.41) is 71.6. The van der Waals surface area contributed by atoms with Crippen LogP contribution in [-0.2, 0) is 33.2 Å². The van der Waals surface area contributed by atoms with E-state index in [1.54, 1.807) is 0 Å². The third-order valence-electron chi connectivity index (χ3n) is 10.8. The minimum Gasteiger partial charge on any atom is -0.457 e. The summed E-state index contributed by atoms with van der Waals surface area (Å²) in [7, 11) is 0. The molecule has 2 heterocycles. The number of aliphatic hydroxyl groups is 7. The molecule has 11 unspecified atom stereocenters. The highest BCUT2D eigenvalue weighted by atomic mass is 16.7. The van der Waals surface area contributed by atoms with Crippen LogP contribution in [0.4, 0.5) is 0 Å². The Morgan fingerprint density at radius 3 is 1.60 bits per heavy atom. The van der Waals surface area contributed by atoms with Gasteiger partial charge >= 0.3 is 5.97 Å². The van der Waals surface area contributed by atoms with E-state index in [4.69, 9.17) is 28.4 Å². The number of hydrogen-bond donors (Lipinski definition) is 7. The van der Waals surface area contributed by atoms with Crippen molar-refractivity contribution >= 4 is 5.97 Å². The smallest absolute Gasteiger partial charge is 0.306 e. The molecule has 0 radical (unpaired) electrons. The second-order valence-electron chi connectivity index (χ2n) is 15.9. The van der Waals surface area contributed by atoms with E-state index in [0.29, 0.717) is 13.0 Å². The summed E-state index contributed by atoms with van der Waals surface area (Å²) < 4.78 is 33.9. The minimum absolute atomic E-state index is 0.0621. The van der Waals surface area contributed by atoms with E-state index in [9.17, 15) is 40.5 Å². The molecule has 2 fully saturated rings. The van der Waals surface area contributed by atoms with Gasteiger partial charge in [-0.3, -0.25) is 4.79 Å². The Morgan fingerprint density at radius 2 is 1.04 bits per heavy atom. The number of carbonyl (C=O) groups is 1. The molecule has 0 aromatic carbocycles. The van der Waals surface area contributed by atoms with Crippen molar-refractivity contribution in [3.05, 3.63) is 12.2 Å². The largest absolute Gasteiger partial charge is 0.457 e. The van der Waals surface area contributed by atoms with E-state index >= 15 is 0 Å². The number of unbranched alkanes of at least 4 members (excludes halogenated alkanes) is 18. The van der Waals surface area contributed by atoms with Crippen LogP contribution in [0.25, 0.3) is 0 Å². The number of carbonyl (C=O) groups excluding carboxylic acids is 1. The lowest BCUT2D eigenvalue weighted by Gasteiger charge is -2.42. The zero-order chi connectivity index (χ0) is 41.7. The van der Waals surface area contributed by atoms with E-state index in [0.717, 1.165) is 44.9 Å². The Labute approximate surface area is 342 Å². The Kier molecular flexibility index (Phi) is 29.6. The molecule has 0 spiro atoms. The Hall–Kier alpha value is -1.27. The number of rotatable bonds is 34. The molecular formula is C43H80O14. The first kappa shape index (κ1) is 51.9. The summed E-state index contributed by atoms with van der Waals surface area (Å²) in [6.07, 6.45) is 13.4. The Balaban J connectivity index is 1.73. The van der Waals surface area contributed by atoms with Gasteiger partial charge in [-0.05, 0) is 38.5 Å². The second kappa shape index (κ2) is 32.5. The third-order valence-corrected chi connectivity index (χ3v) is 10.8. The highest BCUT2D eigenvalue weighted by molar-refractivity contribution is 5.69. The Morgan fingerprint density at radius 1 is 0.561 bits per heavy atom. The summed E-state index contributed by atoms with van der Waals surface area (Å²) in [4.78, 5) is 12.7. The summed E-state index contributed by atoms with van der Waals surface area (Å²) in [5.41, 5.74) is 0. The summed E-state index contributed by atoms with van der Waals surface area (Å²) in [6, 6.07) is 0. The molecule has 2 aliphatic rings. The van der Waals surface area contributed by atoms with Gasteiger partial charge in [0, 0.05) is 13.0 Å². The number of allylic oxidation sites excluding steroid dienone is 2. The third kappa shape index (κ3) is 21.7. The van der Waals surface area contributed by atoms with Crippen LogP contribution in [0.15, 0.2) is 12.2 Å². The van der Waals surface area contributed by atoms with Crippen LogP contribution in [0.3, 0.4) is 0 Å². The minimum atomic E-state index is -1.70. The summed E-state index contributed by atoms with van der Waals surface area (Å²) >= 11 is 0. The fraction of sp³-hybridized carbons (Fsp3) is 0.930. The van der Waals surface area contributed by atoms with Crippen molar-refractivity contribution in [1.82, 2.24) is 0 Å². The average Bonchev–Trinajstić information content (AvgIpc) is 3.20. The Bertz CT molecular complexity index is 1000. The lowest BCUT2D eigenvalue weighted by atomic mass is 9.98. The van der Waals surface area contributed by atoms with Gasteiger partial charge in [0.05, 0.1) is 26.4 Å². The number of aliphatic hydroxyl groups excluding tert-OH is 7. The van der Waals surface area contributed by atoms with Gasteiger partial charge in [-0.2, -0.15) is 0 Å². The van der Waals surface area contributed by atoms with Gasteiger partial charge in [0.1, 0.15) is 54.9 Å². The number of ether oxygens (including phenoxy) is 6. The first-order chi connectivity index (χ1) is 27.6. The highest BCUT2D eigenvalue weighted by Crippen LogP contribution is 2.26. The van der Waals surface area contributed by atoms with Crippen molar-refractivity contribution in [2.45, 2.75) is 223 Å². The van der Waals surface area contributed by atoms with Crippen molar-refractivity contribution in [3.8, 4) is 0 Å². The van der Waals surface area contributed by atoms with E-state index in [-0.39, 0.29) is 25.6 Å². The quantitative estimate of drug-likeness (QED) is 0.0266. The van der Waals surface area contributed by atoms with Crippen LogP contribution in [0.1, 0.15) is 155 Å². The lowest BCUT2D eigenvalue weighted by Crippen LogP contribution is -2.61. The first-order valence-electron chi connectivity index (χ1n) is 22.3. The maximum atomic E-state index is 12.7. The van der Waals surface area contributed by atoms with Crippen LogP contribution in [0.5, 0.6) is 0 Å². The number of esters is 1. The fourth-order valence-electron chi connectivity index (χ4n) is 7.04. The van der Waals surface area contributed by atoms with Gasteiger partial charge in [0.25, 0.3) is 0 Å². The molecular weight excluding hydrogens is 740 g/mol.